The Morgan fingerprint density at radius 2 is 1.76 bits per heavy atom. The number of hydrogen-bond donors (Lipinski definition) is 2. The summed E-state index contributed by atoms with van der Waals surface area (Å²) in [7, 11) is 1.35. The number of nitrogens with one attached hydrogen (secondary N) is 2. The van der Waals surface area contributed by atoms with Crippen LogP contribution in [0.25, 0.3) is 0 Å². The van der Waals surface area contributed by atoms with E-state index < -0.39 is 12.0 Å². The van der Waals surface area contributed by atoms with Gasteiger partial charge in [-0.15, -0.1) is 11.8 Å². The summed E-state index contributed by atoms with van der Waals surface area (Å²) in [6, 6.07) is 11.8. The molecular formula is C23H26N2O3S. The van der Waals surface area contributed by atoms with E-state index in [1.54, 1.807) is 18.7 Å². The summed E-state index contributed by atoms with van der Waals surface area (Å²) >= 11 is 1.77. The van der Waals surface area contributed by atoms with E-state index in [9.17, 15) is 9.59 Å². The lowest BCUT2D eigenvalue weighted by molar-refractivity contribution is -0.136. The van der Waals surface area contributed by atoms with Crippen LogP contribution in [0.3, 0.4) is 0 Å². The zero-order valence-electron chi connectivity index (χ0n) is 17.4. The van der Waals surface area contributed by atoms with Gasteiger partial charge in [0, 0.05) is 16.3 Å². The fourth-order valence-electron chi connectivity index (χ4n) is 3.49. The standard InChI is InChI=1S/C23H26N2O3S/c1-13-6-8-18(9-7-13)29-12-17-11-19(15(3)10-14(17)2)21-20(22(26)28-5)16(4)24-23(27)25-21/h6-11,21H,12H2,1-5H3,(H2,24,25,27). The van der Waals surface area contributed by atoms with Crippen molar-refractivity contribution in [3.05, 3.63) is 75.5 Å². The second-order valence-corrected chi connectivity index (χ2v) is 8.35. The molecule has 1 unspecified atom stereocenters. The molecule has 2 aromatic rings. The molecule has 29 heavy (non-hydrogen) atoms. The van der Waals surface area contributed by atoms with Crippen molar-refractivity contribution in [1.82, 2.24) is 10.6 Å². The molecule has 2 amide bonds. The van der Waals surface area contributed by atoms with Gasteiger partial charge < -0.3 is 15.4 Å². The normalized spacial score (nSPS) is 16.3. The van der Waals surface area contributed by atoms with Gasteiger partial charge in [0.2, 0.25) is 0 Å². The van der Waals surface area contributed by atoms with Crippen LogP contribution in [-0.2, 0) is 15.3 Å². The molecule has 0 saturated carbocycles. The van der Waals surface area contributed by atoms with E-state index >= 15 is 0 Å². The molecule has 0 aliphatic carbocycles. The van der Waals surface area contributed by atoms with E-state index in [0.29, 0.717) is 11.3 Å². The third-order valence-electron chi connectivity index (χ3n) is 5.13. The third-order valence-corrected chi connectivity index (χ3v) is 6.19. The minimum Gasteiger partial charge on any atom is -0.466 e. The SMILES string of the molecule is COC(=O)C1=C(C)NC(=O)NC1c1cc(CSc2ccc(C)cc2)c(C)cc1C. The number of carbonyl (C=O) groups excluding carboxylic acids is 2. The molecule has 5 nitrogen and oxygen atoms in total. The van der Waals surface area contributed by atoms with Crippen molar-refractivity contribution >= 4 is 23.8 Å². The first-order chi connectivity index (χ1) is 13.8. The van der Waals surface area contributed by atoms with Gasteiger partial charge in [0.15, 0.2) is 0 Å². The van der Waals surface area contributed by atoms with Crippen LogP contribution in [0.4, 0.5) is 4.79 Å². The Bertz CT molecular complexity index is 980. The number of thioether (sulfide) groups is 1. The molecule has 6 heteroatoms. The number of urea groups is 1. The highest BCUT2D eigenvalue weighted by Gasteiger charge is 2.33. The largest absolute Gasteiger partial charge is 0.466 e. The summed E-state index contributed by atoms with van der Waals surface area (Å²) in [5.74, 6) is 0.354. The van der Waals surface area contributed by atoms with Crippen molar-refractivity contribution in [2.75, 3.05) is 7.11 Å². The van der Waals surface area contributed by atoms with E-state index in [4.69, 9.17) is 4.74 Å². The van der Waals surface area contributed by atoms with Crippen molar-refractivity contribution in [3.63, 3.8) is 0 Å². The Morgan fingerprint density at radius 1 is 1.07 bits per heavy atom. The first-order valence-electron chi connectivity index (χ1n) is 9.46. The monoisotopic (exact) mass is 410 g/mol. The second kappa shape index (κ2) is 8.74. The highest BCUT2D eigenvalue weighted by atomic mass is 32.2. The van der Waals surface area contributed by atoms with Crippen LogP contribution in [0.5, 0.6) is 0 Å². The van der Waals surface area contributed by atoms with Crippen molar-refractivity contribution < 1.29 is 14.3 Å². The number of carbonyl (C=O) groups is 2. The lowest BCUT2D eigenvalue weighted by atomic mass is 9.90. The Hall–Kier alpha value is -2.73. The van der Waals surface area contributed by atoms with Gasteiger partial charge in [0.05, 0.1) is 18.7 Å². The number of aryl methyl sites for hydroxylation is 3. The first kappa shape index (κ1) is 21.0. The van der Waals surface area contributed by atoms with Crippen molar-refractivity contribution in [2.24, 2.45) is 0 Å². The molecule has 0 bridgehead atoms. The lowest BCUT2D eigenvalue weighted by Gasteiger charge is -2.29. The van der Waals surface area contributed by atoms with E-state index in [2.05, 4.69) is 60.9 Å². The molecule has 3 rings (SSSR count). The van der Waals surface area contributed by atoms with Crippen molar-refractivity contribution in [3.8, 4) is 0 Å². The number of esters is 1. The van der Waals surface area contributed by atoms with E-state index in [-0.39, 0.29) is 6.03 Å². The van der Waals surface area contributed by atoms with Crippen molar-refractivity contribution in [2.45, 2.75) is 44.4 Å². The van der Waals surface area contributed by atoms with Crippen LogP contribution in [0.1, 0.15) is 40.8 Å². The molecule has 2 N–H and O–H groups in total. The summed E-state index contributed by atoms with van der Waals surface area (Å²) < 4.78 is 4.96. The minimum absolute atomic E-state index is 0.323. The maximum Gasteiger partial charge on any atom is 0.337 e. The van der Waals surface area contributed by atoms with Gasteiger partial charge >= 0.3 is 12.0 Å². The van der Waals surface area contributed by atoms with Gasteiger partial charge in [-0.05, 0) is 62.1 Å². The maximum absolute atomic E-state index is 12.4. The van der Waals surface area contributed by atoms with Gasteiger partial charge in [-0.1, -0.05) is 29.8 Å². The quantitative estimate of drug-likeness (QED) is 0.554. The predicted molar refractivity (Wildman–Crippen MR) is 116 cm³/mol. The summed E-state index contributed by atoms with van der Waals surface area (Å²) in [4.78, 5) is 25.7. The number of hydrogen-bond acceptors (Lipinski definition) is 4. The number of amides is 2. The van der Waals surface area contributed by atoms with E-state index in [1.807, 2.05) is 6.92 Å². The molecule has 0 spiro atoms. The van der Waals surface area contributed by atoms with Gasteiger partial charge in [-0.25, -0.2) is 9.59 Å². The Labute approximate surface area is 175 Å². The Kier molecular flexibility index (Phi) is 6.33. The number of ether oxygens (including phenoxy) is 1. The Morgan fingerprint density at radius 3 is 2.41 bits per heavy atom. The highest BCUT2D eigenvalue weighted by molar-refractivity contribution is 7.98. The predicted octanol–water partition coefficient (Wildman–Crippen LogP) is 4.71. The molecule has 0 fully saturated rings. The average molecular weight is 411 g/mol. The fraction of sp³-hybridized carbons (Fsp3) is 0.304. The lowest BCUT2D eigenvalue weighted by Crippen LogP contribution is -2.45. The van der Waals surface area contributed by atoms with Crippen LogP contribution >= 0.6 is 11.8 Å². The van der Waals surface area contributed by atoms with Crippen LogP contribution in [0.15, 0.2) is 52.6 Å². The summed E-state index contributed by atoms with van der Waals surface area (Å²) in [5.41, 5.74) is 6.47. The Balaban J connectivity index is 1.95. The van der Waals surface area contributed by atoms with Gasteiger partial charge in [-0.3, -0.25) is 0 Å². The maximum atomic E-state index is 12.4. The smallest absolute Gasteiger partial charge is 0.337 e. The number of methoxy groups -OCH3 is 1. The second-order valence-electron chi connectivity index (χ2n) is 7.30. The van der Waals surface area contributed by atoms with Gasteiger partial charge in [-0.2, -0.15) is 0 Å². The fourth-order valence-corrected chi connectivity index (χ4v) is 4.45. The average Bonchev–Trinajstić information content (AvgIpc) is 2.67. The summed E-state index contributed by atoms with van der Waals surface area (Å²) in [6.45, 7) is 7.88. The first-order valence-corrected chi connectivity index (χ1v) is 10.4. The van der Waals surface area contributed by atoms with Crippen LogP contribution in [0.2, 0.25) is 0 Å². The number of benzene rings is 2. The molecule has 1 atom stereocenters. The number of rotatable bonds is 5. The number of allylic oxidation sites excluding steroid dienone is 1. The molecule has 0 saturated heterocycles. The summed E-state index contributed by atoms with van der Waals surface area (Å²) in [5, 5.41) is 5.55. The van der Waals surface area contributed by atoms with Crippen LogP contribution in [0, 0.1) is 20.8 Å². The molecule has 1 heterocycles. The van der Waals surface area contributed by atoms with Crippen LogP contribution < -0.4 is 10.6 Å². The molecule has 1 aliphatic rings. The minimum atomic E-state index is -0.542. The summed E-state index contributed by atoms with van der Waals surface area (Å²) in [6.07, 6.45) is 0. The molecule has 2 aromatic carbocycles. The van der Waals surface area contributed by atoms with Crippen LogP contribution in [-0.4, -0.2) is 19.1 Å². The third kappa shape index (κ3) is 4.65. The van der Waals surface area contributed by atoms with Gasteiger partial charge in [0.1, 0.15) is 0 Å². The topological polar surface area (TPSA) is 67.4 Å². The van der Waals surface area contributed by atoms with E-state index in [0.717, 1.165) is 16.9 Å². The van der Waals surface area contributed by atoms with Gasteiger partial charge in [0.25, 0.3) is 0 Å². The zero-order chi connectivity index (χ0) is 21.1. The molecular weight excluding hydrogens is 384 g/mol. The zero-order valence-corrected chi connectivity index (χ0v) is 18.2. The molecule has 1 aliphatic heterocycles. The molecule has 0 aromatic heterocycles. The molecule has 152 valence electrons. The highest BCUT2D eigenvalue weighted by Crippen LogP contribution is 2.33. The molecule has 0 radical (unpaired) electrons. The van der Waals surface area contributed by atoms with Crippen molar-refractivity contribution in [1.29, 1.82) is 0 Å². The van der Waals surface area contributed by atoms with E-state index in [1.165, 1.54) is 28.7 Å².